The van der Waals surface area contributed by atoms with Crippen molar-refractivity contribution in [3.8, 4) is 0 Å². The summed E-state index contributed by atoms with van der Waals surface area (Å²) in [4.78, 5) is 11.0. The lowest BCUT2D eigenvalue weighted by Crippen LogP contribution is -2.13. The highest BCUT2D eigenvalue weighted by Crippen LogP contribution is 2.27. The minimum atomic E-state index is -3.92. The predicted molar refractivity (Wildman–Crippen MR) is 98.0 cm³/mol. The van der Waals surface area contributed by atoms with E-state index in [-0.39, 0.29) is 10.6 Å². The number of hydrogen-bond donors (Lipinski definition) is 1. The van der Waals surface area contributed by atoms with E-state index >= 15 is 0 Å². The molecule has 3 rings (SSSR count). The third-order valence-electron chi connectivity index (χ3n) is 3.55. The number of hydrogen-bond acceptors (Lipinski definition) is 4. The molecule has 0 radical (unpaired) electrons. The predicted octanol–water partition coefficient (Wildman–Crippen LogP) is 4.45. The highest BCUT2D eigenvalue weighted by molar-refractivity contribution is 7.92. The van der Waals surface area contributed by atoms with Gasteiger partial charge >= 0.3 is 0 Å². The van der Waals surface area contributed by atoms with Crippen LogP contribution in [0.4, 0.5) is 21.5 Å². The molecule has 1 N–H and O–H groups in total. The van der Waals surface area contributed by atoms with Crippen LogP contribution < -0.4 is 9.73 Å². The molecule has 0 spiro atoms. The van der Waals surface area contributed by atoms with E-state index in [1.165, 1.54) is 35.3 Å². The Morgan fingerprint density at radius 3 is 2.12 bits per heavy atom. The number of benzene rings is 3. The molecule has 0 aliphatic heterocycles. The zero-order valence-electron chi connectivity index (χ0n) is 13.4. The van der Waals surface area contributed by atoms with Gasteiger partial charge < -0.3 is 0 Å². The fourth-order valence-electron chi connectivity index (χ4n) is 2.33. The number of rotatable bonds is 6. The molecule has 3 aromatic rings. The molecule has 0 aliphatic rings. The third-order valence-corrected chi connectivity index (χ3v) is 4.93. The summed E-state index contributed by atoms with van der Waals surface area (Å²) in [6.07, 6.45) is 0. The molecule has 0 unspecified atom stereocenters. The molecule has 0 aromatic heterocycles. The topological polar surface area (TPSA) is 78.8 Å². The van der Waals surface area contributed by atoms with E-state index in [1.54, 1.807) is 36.4 Å². The van der Waals surface area contributed by atoms with Crippen molar-refractivity contribution < 1.29 is 12.8 Å². The lowest BCUT2D eigenvalue weighted by Gasteiger charge is -2.16. The van der Waals surface area contributed by atoms with Crippen LogP contribution in [0.5, 0.6) is 0 Å². The van der Waals surface area contributed by atoms with Crippen molar-refractivity contribution in [2.24, 2.45) is 5.29 Å². The van der Waals surface area contributed by atoms with Gasteiger partial charge in [0.1, 0.15) is 5.82 Å². The van der Waals surface area contributed by atoms with Crippen LogP contribution in [0.25, 0.3) is 0 Å². The number of halogens is 1. The number of sulfonamides is 1. The van der Waals surface area contributed by atoms with Gasteiger partial charge in [-0.05, 0) is 54.6 Å². The second-order valence-corrected chi connectivity index (χ2v) is 7.02. The number of nitrogens with one attached hydrogen (secondary N) is 1. The Morgan fingerprint density at radius 1 is 0.846 bits per heavy atom. The van der Waals surface area contributed by atoms with Gasteiger partial charge in [-0.15, -0.1) is 4.91 Å². The van der Waals surface area contributed by atoms with Crippen LogP contribution in [-0.2, 0) is 10.0 Å². The van der Waals surface area contributed by atoms with E-state index in [9.17, 15) is 17.7 Å². The molecule has 26 heavy (non-hydrogen) atoms. The van der Waals surface area contributed by atoms with Crippen LogP contribution in [0.3, 0.4) is 0 Å². The summed E-state index contributed by atoms with van der Waals surface area (Å²) >= 11 is 0. The Bertz CT molecular complexity index is 1010. The summed E-state index contributed by atoms with van der Waals surface area (Å²) in [5.41, 5.74) is 1.33. The molecule has 0 fully saturated rings. The van der Waals surface area contributed by atoms with Crippen molar-refractivity contribution in [2.45, 2.75) is 4.90 Å². The molecular formula is C18H14FN3O3S. The molecule has 6 nitrogen and oxygen atoms in total. The summed E-state index contributed by atoms with van der Waals surface area (Å²) < 4.78 is 40.2. The normalized spacial score (nSPS) is 11.0. The highest BCUT2D eigenvalue weighted by atomic mass is 32.2. The lowest BCUT2D eigenvalue weighted by atomic mass is 10.2. The van der Waals surface area contributed by atoms with Crippen LogP contribution in [0, 0.1) is 10.7 Å². The highest BCUT2D eigenvalue weighted by Gasteiger charge is 2.15. The molecule has 0 bridgehead atoms. The quantitative estimate of drug-likeness (QED) is 0.513. The maximum Gasteiger partial charge on any atom is 0.261 e. The fourth-order valence-corrected chi connectivity index (χ4v) is 3.42. The van der Waals surface area contributed by atoms with Crippen LogP contribution in [0.2, 0.25) is 0 Å². The maximum atomic E-state index is 13.2. The second kappa shape index (κ2) is 7.32. The number of para-hydroxylation sites is 1. The van der Waals surface area contributed by atoms with Gasteiger partial charge in [0.25, 0.3) is 10.0 Å². The van der Waals surface area contributed by atoms with E-state index in [2.05, 4.69) is 10.0 Å². The molecule has 132 valence electrons. The summed E-state index contributed by atoms with van der Waals surface area (Å²) in [6, 6.07) is 19.6. The molecular weight excluding hydrogens is 357 g/mol. The summed E-state index contributed by atoms with van der Waals surface area (Å²) in [7, 11) is -3.92. The van der Waals surface area contributed by atoms with Gasteiger partial charge in [-0.1, -0.05) is 24.3 Å². The molecule has 0 amide bonds. The molecule has 0 atom stereocenters. The van der Waals surface area contributed by atoms with Crippen molar-refractivity contribution >= 4 is 27.1 Å². The maximum absolute atomic E-state index is 13.2. The van der Waals surface area contributed by atoms with Crippen LogP contribution in [0.15, 0.2) is 89.0 Å². The summed E-state index contributed by atoms with van der Waals surface area (Å²) in [5, 5.41) is 4.18. The Hall–Kier alpha value is -3.26. The van der Waals surface area contributed by atoms with Gasteiger partial charge in [-0.2, -0.15) is 5.01 Å². The monoisotopic (exact) mass is 371 g/mol. The minimum absolute atomic E-state index is 0.179. The van der Waals surface area contributed by atoms with Gasteiger partial charge in [0, 0.05) is 5.69 Å². The molecule has 0 saturated carbocycles. The first-order chi connectivity index (χ1) is 12.5. The van der Waals surface area contributed by atoms with Crippen molar-refractivity contribution in [1.29, 1.82) is 0 Å². The average molecular weight is 371 g/mol. The third kappa shape index (κ3) is 3.86. The summed E-state index contributed by atoms with van der Waals surface area (Å²) in [6.45, 7) is 0. The molecule has 8 heteroatoms. The van der Waals surface area contributed by atoms with E-state index in [1.807, 2.05) is 6.07 Å². The zero-order valence-corrected chi connectivity index (χ0v) is 14.2. The molecule has 0 saturated heterocycles. The minimum Gasteiger partial charge on any atom is -0.280 e. The Kier molecular flexibility index (Phi) is 4.94. The Labute approximate surface area is 149 Å². The number of nitroso groups, excluding NO2 is 1. The first-order valence-corrected chi connectivity index (χ1v) is 9.05. The molecule has 0 heterocycles. The molecule has 0 aliphatic carbocycles. The summed E-state index contributed by atoms with van der Waals surface area (Å²) in [5.74, 6) is -0.640. The van der Waals surface area contributed by atoms with Crippen molar-refractivity contribution in [3.05, 3.63) is 89.6 Å². The standard InChI is InChI=1S/C18H14FN3O3S/c19-14-5-4-8-18(13-14)26(24,25)20-15-9-11-17(12-10-15)22(21-23)16-6-2-1-3-7-16/h1-13,20H. The largest absolute Gasteiger partial charge is 0.280 e. The number of anilines is 3. The van der Waals surface area contributed by atoms with E-state index in [0.717, 1.165) is 6.07 Å². The van der Waals surface area contributed by atoms with Gasteiger partial charge in [0.15, 0.2) is 0 Å². The van der Waals surface area contributed by atoms with Crippen LogP contribution in [-0.4, -0.2) is 8.42 Å². The van der Waals surface area contributed by atoms with Gasteiger partial charge in [0.05, 0.1) is 21.6 Å². The SMILES string of the molecule is O=NN(c1ccccc1)c1ccc(NS(=O)(=O)c2cccc(F)c2)cc1. The van der Waals surface area contributed by atoms with E-state index in [0.29, 0.717) is 11.4 Å². The van der Waals surface area contributed by atoms with Crippen molar-refractivity contribution in [3.63, 3.8) is 0 Å². The Balaban J connectivity index is 1.82. The molecule has 3 aromatic carbocycles. The van der Waals surface area contributed by atoms with Crippen LogP contribution in [0.1, 0.15) is 0 Å². The Morgan fingerprint density at radius 2 is 1.50 bits per heavy atom. The van der Waals surface area contributed by atoms with Gasteiger partial charge in [0.2, 0.25) is 0 Å². The van der Waals surface area contributed by atoms with Gasteiger partial charge in [-0.3, -0.25) is 4.72 Å². The fraction of sp³-hybridized carbons (Fsp3) is 0. The van der Waals surface area contributed by atoms with Crippen LogP contribution >= 0.6 is 0 Å². The zero-order chi connectivity index (χ0) is 18.6. The second-order valence-electron chi connectivity index (χ2n) is 5.34. The van der Waals surface area contributed by atoms with Gasteiger partial charge in [-0.25, -0.2) is 12.8 Å². The smallest absolute Gasteiger partial charge is 0.261 e. The van der Waals surface area contributed by atoms with Crippen molar-refractivity contribution in [1.82, 2.24) is 0 Å². The average Bonchev–Trinajstić information content (AvgIpc) is 2.64. The van der Waals surface area contributed by atoms with Crippen molar-refractivity contribution in [2.75, 3.05) is 9.73 Å². The van der Waals surface area contributed by atoms with E-state index < -0.39 is 15.8 Å². The first kappa shape index (κ1) is 17.6. The number of nitrogens with zero attached hydrogens (tertiary/aromatic N) is 2. The van der Waals surface area contributed by atoms with E-state index in [4.69, 9.17) is 0 Å². The first-order valence-electron chi connectivity index (χ1n) is 7.56. The lowest BCUT2D eigenvalue weighted by molar-refractivity contribution is 0.595.